The first-order valence-electron chi connectivity index (χ1n) is 10.9. The Hall–Kier alpha value is -1.88. The van der Waals surface area contributed by atoms with Gasteiger partial charge in [0.05, 0.1) is 12.6 Å². The molecule has 3 fully saturated rings. The van der Waals surface area contributed by atoms with Crippen molar-refractivity contribution >= 4 is 11.8 Å². The van der Waals surface area contributed by atoms with E-state index in [0.717, 1.165) is 19.6 Å². The Kier molecular flexibility index (Phi) is 5.72. The van der Waals surface area contributed by atoms with Crippen molar-refractivity contribution in [3.8, 4) is 0 Å². The summed E-state index contributed by atoms with van der Waals surface area (Å²) in [4.78, 5) is 29.1. The Morgan fingerprint density at radius 2 is 1.82 bits per heavy atom. The van der Waals surface area contributed by atoms with Crippen LogP contribution in [0.2, 0.25) is 0 Å². The normalized spacial score (nSPS) is 28.5. The molecule has 2 saturated heterocycles. The fraction of sp³-hybridized carbons (Fsp3) is 0.652. The van der Waals surface area contributed by atoms with Crippen LogP contribution in [0.3, 0.4) is 0 Å². The van der Waals surface area contributed by atoms with Gasteiger partial charge < -0.3 is 10.6 Å². The van der Waals surface area contributed by atoms with Crippen molar-refractivity contribution in [3.63, 3.8) is 0 Å². The van der Waals surface area contributed by atoms with Crippen LogP contribution in [0.4, 0.5) is 0 Å². The molecule has 1 aromatic rings. The van der Waals surface area contributed by atoms with Gasteiger partial charge >= 0.3 is 0 Å². The number of nitrogens with two attached hydrogens (primary N) is 1. The monoisotopic (exact) mass is 383 g/mol. The fourth-order valence-corrected chi connectivity index (χ4v) is 5.82. The predicted octanol–water partition coefficient (Wildman–Crippen LogP) is 2.88. The number of carbonyl (C=O) groups is 2. The molecule has 0 unspecified atom stereocenters. The highest BCUT2D eigenvalue weighted by Gasteiger charge is 2.49. The third kappa shape index (κ3) is 3.95. The number of aryl methyl sites for hydroxylation is 1. The van der Waals surface area contributed by atoms with Gasteiger partial charge in [0, 0.05) is 32.0 Å². The van der Waals surface area contributed by atoms with Crippen molar-refractivity contribution in [3.05, 3.63) is 35.4 Å². The van der Waals surface area contributed by atoms with E-state index in [1.54, 1.807) is 0 Å². The molecule has 3 aliphatic rings. The molecule has 152 valence electrons. The number of hydrogen-bond donors (Lipinski definition) is 1. The van der Waals surface area contributed by atoms with E-state index in [4.69, 9.17) is 5.73 Å². The molecule has 1 aromatic carbocycles. The molecule has 0 bridgehead atoms. The standard InChI is InChI=1S/C23H33N3O2/c1-16-7-5-6-10-19(16)23-20-14-25(15-21(24)27)12-18(20)13-26(23)22(28)11-17-8-3-2-4-9-17/h5-7,10,17-18,20,23H,2-4,8-9,11-15H2,1H3,(H2,24,27)/t18-,20-,23+/m0/s1. The molecule has 1 aliphatic carbocycles. The molecule has 0 spiro atoms. The van der Waals surface area contributed by atoms with Crippen LogP contribution >= 0.6 is 0 Å². The lowest BCUT2D eigenvalue weighted by atomic mass is 9.86. The lowest BCUT2D eigenvalue weighted by molar-refractivity contribution is -0.134. The summed E-state index contributed by atoms with van der Waals surface area (Å²) in [5.41, 5.74) is 7.95. The summed E-state index contributed by atoms with van der Waals surface area (Å²) >= 11 is 0. The summed E-state index contributed by atoms with van der Waals surface area (Å²) in [5, 5.41) is 0. The number of nitrogens with zero attached hydrogens (tertiary/aromatic N) is 2. The zero-order chi connectivity index (χ0) is 19.7. The van der Waals surface area contributed by atoms with Crippen LogP contribution in [0.1, 0.15) is 55.7 Å². The van der Waals surface area contributed by atoms with Gasteiger partial charge in [0.25, 0.3) is 0 Å². The van der Waals surface area contributed by atoms with Crippen LogP contribution < -0.4 is 5.73 Å². The highest BCUT2D eigenvalue weighted by Crippen LogP contribution is 2.46. The second kappa shape index (κ2) is 8.24. The Morgan fingerprint density at radius 3 is 2.54 bits per heavy atom. The Balaban J connectivity index is 1.55. The number of fused-ring (bicyclic) bond motifs is 1. The summed E-state index contributed by atoms with van der Waals surface area (Å²) in [7, 11) is 0. The molecule has 5 heteroatoms. The first-order valence-corrected chi connectivity index (χ1v) is 10.9. The van der Waals surface area contributed by atoms with Crippen LogP contribution in [0, 0.1) is 24.7 Å². The maximum Gasteiger partial charge on any atom is 0.231 e. The molecule has 0 aromatic heterocycles. The van der Waals surface area contributed by atoms with E-state index in [1.165, 1.54) is 43.2 Å². The minimum atomic E-state index is -0.266. The first kappa shape index (κ1) is 19.4. The van der Waals surface area contributed by atoms with Gasteiger partial charge in [-0.3, -0.25) is 14.5 Å². The molecule has 2 amide bonds. The van der Waals surface area contributed by atoms with Crippen LogP contribution in [0.15, 0.2) is 24.3 Å². The van der Waals surface area contributed by atoms with E-state index < -0.39 is 0 Å². The van der Waals surface area contributed by atoms with E-state index >= 15 is 0 Å². The summed E-state index contributed by atoms with van der Waals surface area (Å²) in [5.74, 6) is 1.44. The second-order valence-electron chi connectivity index (χ2n) is 9.14. The van der Waals surface area contributed by atoms with Gasteiger partial charge in [0.2, 0.25) is 11.8 Å². The second-order valence-corrected chi connectivity index (χ2v) is 9.14. The van der Waals surface area contributed by atoms with Crippen molar-refractivity contribution in [2.75, 3.05) is 26.2 Å². The Labute approximate surface area is 168 Å². The number of rotatable bonds is 5. The molecule has 2 aliphatic heterocycles. The zero-order valence-corrected chi connectivity index (χ0v) is 17.0. The average molecular weight is 384 g/mol. The molecule has 5 nitrogen and oxygen atoms in total. The van der Waals surface area contributed by atoms with E-state index in [2.05, 4.69) is 41.0 Å². The lowest BCUT2D eigenvalue weighted by Gasteiger charge is -2.32. The Bertz CT molecular complexity index is 728. The molecule has 2 heterocycles. The molecule has 3 atom stereocenters. The lowest BCUT2D eigenvalue weighted by Crippen LogP contribution is -2.38. The quantitative estimate of drug-likeness (QED) is 0.850. The first-order chi connectivity index (χ1) is 13.5. The van der Waals surface area contributed by atoms with Gasteiger partial charge in [-0.1, -0.05) is 43.5 Å². The van der Waals surface area contributed by atoms with Gasteiger partial charge in [-0.15, -0.1) is 0 Å². The highest BCUT2D eigenvalue weighted by molar-refractivity contribution is 5.78. The third-order valence-corrected chi connectivity index (χ3v) is 7.13. The van der Waals surface area contributed by atoms with Gasteiger partial charge in [-0.25, -0.2) is 0 Å². The predicted molar refractivity (Wildman–Crippen MR) is 109 cm³/mol. The molecule has 28 heavy (non-hydrogen) atoms. The number of carbonyl (C=O) groups excluding carboxylic acids is 2. The number of primary amides is 1. The number of benzene rings is 1. The average Bonchev–Trinajstić information content (AvgIpc) is 3.20. The van der Waals surface area contributed by atoms with E-state index in [9.17, 15) is 9.59 Å². The highest BCUT2D eigenvalue weighted by atomic mass is 16.2. The topological polar surface area (TPSA) is 66.6 Å². The van der Waals surface area contributed by atoms with Gasteiger partial charge in [0.1, 0.15) is 0 Å². The van der Waals surface area contributed by atoms with Crippen molar-refractivity contribution in [2.24, 2.45) is 23.5 Å². The van der Waals surface area contributed by atoms with Crippen molar-refractivity contribution in [1.29, 1.82) is 0 Å². The SMILES string of the molecule is Cc1ccccc1[C@@H]1[C@H]2CN(CC(N)=O)C[C@H]2CN1C(=O)CC1CCCCC1. The van der Waals surface area contributed by atoms with E-state index in [-0.39, 0.29) is 11.9 Å². The minimum absolute atomic E-state index is 0.125. The van der Waals surface area contributed by atoms with Gasteiger partial charge in [-0.05, 0) is 42.7 Å². The smallest absolute Gasteiger partial charge is 0.231 e. The number of amides is 2. The maximum absolute atomic E-state index is 13.3. The summed E-state index contributed by atoms with van der Waals surface area (Å²) in [6.07, 6.45) is 6.97. The van der Waals surface area contributed by atoms with Crippen LogP contribution in [0.25, 0.3) is 0 Å². The van der Waals surface area contributed by atoms with Crippen molar-refractivity contribution in [1.82, 2.24) is 9.80 Å². The Morgan fingerprint density at radius 1 is 1.07 bits per heavy atom. The number of likely N-dealkylation sites (tertiary alicyclic amines) is 2. The minimum Gasteiger partial charge on any atom is -0.369 e. The van der Waals surface area contributed by atoms with Gasteiger partial charge in [0.15, 0.2) is 0 Å². The largest absolute Gasteiger partial charge is 0.369 e. The maximum atomic E-state index is 13.3. The summed E-state index contributed by atoms with van der Waals surface area (Å²) in [6, 6.07) is 8.59. The third-order valence-electron chi connectivity index (χ3n) is 7.13. The van der Waals surface area contributed by atoms with Crippen molar-refractivity contribution < 1.29 is 9.59 Å². The fourth-order valence-electron chi connectivity index (χ4n) is 5.82. The summed E-state index contributed by atoms with van der Waals surface area (Å²) < 4.78 is 0. The van der Waals surface area contributed by atoms with Crippen LogP contribution in [-0.4, -0.2) is 47.8 Å². The molecule has 4 rings (SSSR count). The van der Waals surface area contributed by atoms with Crippen LogP contribution in [0.5, 0.6) is 0 Å². The molecular formula is C23H33N3O2. The number of hydrogen-bond acceptors (Lipinski definition) is 3. The van der Waals surface area contributed by atoms with E-state index in [0.29, 0.717) is 36.6 Å². The zero-order valence-electron chi connectivity index (χ0n) is 17.0. The molecule has 1 saturated carbocycles. The van der Waals surface area contributed by atoms with Crippen LogP contribution in [-0.2, 0) is 9.59 Å². The molecule has 2 N–H and O–H groups in total. The summed E-state index contributed by atoms with van der Waals surface area (Å²) in [6.45, 7) is 4.99. The van der Waals surface area contributed by atoms with Gasteiger partial charge in [-0.2, -0.15) is 0 Å². The van der Waals surface area contributed by atoms with Crippen molar-refractivity contribution in [2.45, 2.75) is 51.5 Å². The molecule has 0 radical (unpaired) electrons. The molecular weight excluding hydrogens is 350 g/mol. The van der Waals surface area contributed by atoms with E-state index in [1.807, 2.05) is 0 Å².